The maximum atomic E-state index is 10.4. The lowest BCUT2D eigenvalue weighted by atomic mass is 10.4. The summed E-state index contributed by atoms with van der Waals surface area (Å²) in [4.78, 5) is 20.3. The maximum Gasteiger partial charge on any atom is 0.410 e. The van der Waals surface area contributed by atoms with Gasteiger partial charge >= 0.3 is 6.09 Å². The standard InChI is InChI=1S/C8H12N4O2/c1-5-7(11-8(13)14)9-4-6(10-5)12(2)3/h4H,1-3H3,(H,9,11)(H,13,14). The van der Waals surface area contributed by atoms with Crippen molar-refractivity contribution in [3.63, 3.8) is 0 Å². The van der Waals surface area contributed by atoms with Crippen molar-refractivity contribution < 1.29 is 9.90 Å². The Kier molecular flexibility index (Phi) is 2.85. The molecule has 76 valence electrons. The van der Waals surface area contributed by atoms with Gasteiger partial charge in [0, 0.05) is 14.1 Å². The van der Waals surface area contributed by atoms with Crippen LogP contribution in [0.25, 0.3) is 0 Å². The molecule has 0 spiro atoms. The van der Waals surface area contributed by atoms with E-state index >= 15 is 0 Å². The molecule has 0 aliphatic carbocycles. The first kappa shape index (κ1) is 10.2. The van der Waals surface area contributed by atoms with Crippen molar-refractivity contribution in [3.8, 4) is 0 Å². The highest BCUT2D eigenvalue weighted by Gasteiger charge is 2.06. The van der Waals surface area contributed by atoms with Crippen LogP contribution in [0.4, 0.5) is 16.4 Å². The first-order valence-corrected chi connectivity index (χ1v) is 4.01. The molecule has 0 saturated heterocycles. The molecule has 0 radical (unpaired) electrons. The van der Waals surface area contributed by atoms with Gasteiger partial charge in [0.15, 0.2) is 5.82 Å². The molecule has 0 unspecified atom stereocenters. The molecule has 0 aliphatic heterocycles. The molecule has 6 nitrogen and oxygen atoms in total. The Hall–Kier alpha value is -1.85. The zero-order chi connectivity index (χ0) is 10.7. The summed E-state index contributed by atoms with van der Waals surface area (Å²) in [6.07, 6.45) is 0.373. The van der Waals surface area contributed by atoms with Gasteiger partial charge in [0.2, 0.25) is 0 Å². The van der Waals surface area contributed by atoms with Crippen LogP contribution in [0.1, 0.15) is 5.69 Å². The van der Waals surface area contributed by atoms with Crippen molar-refractivity contribution in [1.82, 2.24) is 9.97 Å². The predicted octanol–water partition coefficient (Wildman–Crippen LogP) is 0.941. The fraction of sp³-hybridized carbons (Fsp3) is 0.375. The predicted molar refractivity (Wildman–Crippen MR) is 52.7 cm³/mol. The smallest absolute Gasteiger partial charge is 0.410 e. The van der Waals surface area contributed by atoms with Crippen LogP contribution in [-0.4, -0.2) is 35.3 Å². The van der Waals surface area contributed by atoms with E-state index in [0.717, 1.165) is 0 Å². The van der Waals surface area contributed by atoms with E-state index in [4.69, 9.17) is 5.11 Å². The van der Waals surface area contributed by atoms with E-state index in [9.17, 15) is 4.79 Å². The highest BCUT2D eigenvalue weighted by atomic mass is 16.4. The lowest BCUT2D eigenvalue weighted by Crippen LogP contribution is -2.15. The van der Waals surface area contributed by atoms with Crippen LogP contribution in [-0.2, 0) is 0 Å². The largest absolute Gasteiger partial charge is 0.465 e. The molecular weight excluding hydrogens is 184 g/mol. The fourth-order valence-electron chi connectivity index (χ4n) is 0.909. The number of anilines is 2. The van der Waals surface area contributed by atoms with Gasteiger partial charge in [-0.1, -0.05) is 0 Å². The minimum atomic E-state index is -1.14. The molecule has 0 saturated carbocycles. The van der Waals surface area contributed by atoms with Gasteiger partial charge < -0.3 is 10.0 Å². The molecule has 1 aromatic heterocycles. The summed E-state index contributed by atoms with van der Waals surface area (Å²) in [6, 6.07) is 0. The van der Waals surface area contributed by atoms with Crippen LogP contribution in [0.3, 0.4) is 0 Å². The number of carbonyl (C=O) groups is 1. The van der Waals surface area contributed by atoms with E-state index in [1.54, 1.807) is 11.8 Å². The second kappa shape index (κ2) is 3.91. The van der Waals surface area contributed by atoms with E-state index in [0.29, 0.717) is 11.5 Å². The number of rotatable bonds is 2. The van der Waals surface area contributed by atoms with E-state index < -0.39 is 6.09 Å². The Morgan fingerprint density at radius 2 is 2.21 bits per heavy atom. The van der Waals surface area contributed by atoms with Gasteiger partial charge in [-0.05, 0) is 6.92 Å². The van der Waals surface area contributed by atoms with Crippen LogP contribution in [0, 0.1) is 6.92 Å². The second-order valence-electron chi connectivity index (χ2n) is 2.99. The molecule has 0 bridgehead atoms. The average Bonchev–Trinajstić information content (AvgIpc) is 2.07. The monoisotopic (exact) mass is 196 g/mol. The Balaban J connectivity index is 2.95. The molecule has 0 aliphatic rings. The van der Waals surface area contributed by atoms with Crippen LogP contribution in [0.2, 0.25) is 0 Å². The minimum Gasteiger partial charge on any atom is -0.465 e. The maximum absolute atomic E-state index is 10.4. The number of amides is 1. The van der Waals surface area contributed by atoms with Gasteiger partial charge in [-0.25, -0.2) is 14.8 Å². The number of hydrogen-bond acceptors (Lipinski definition) is 4. The minimum absolute atomic E-state index is 0.267. The van der Waals surface area contributed by atoms with Gasteiger partial charge in [0.25, 0.3) is 0 Å². The summed E-state index contributed by atoms with van der Waals surface area (Å²) in [6.45, 7) is 1.70. The summed E-state index contributed by atoms with van der Waals surface area (Å²) >= 11 is 0. The van der Waals surface area contributed by atoms with E-state index in [2.05, 4.69) is 15.3 Å². The molecule has 1 rings (SSSR count). The molecular formula is C8H12N4O2. The molecule has 0 atom stereocenters. The van der Waals surface area contributed by atoms with Gasteiger partial charge in [-0.3, -0.25) is 5.32 Å². The fourth-order valence-corrected chi connectivity index (χ4v) is 0.909. The van der Waals surface area contributed by atoms with E-state index in [1.807, 2.05) is 14.1 Å². The molecule has 2 N–H and O–H groups in total. The molecule has 1 amide bonds. The summed E-state index contributed by atoms with van der Waals surface area (Å²) in [5.74, 6) is 0.960. The van der Waals surface area contributed by atoms with Crippen LogP contribution in [0.5, 0.6) is 0 Å². The third-order valence-electron chi connectivity index (χ3n) is 1.62. The van der Waals surface area contributed by atoms with Gasteiger partial charge in [0.05, 0.1) is 11.9 Å². The van der Waals surface area contributed by atoms with Crippen molar-refractivity contribution in [1.29, 1.82) is 0 Å². The van der Waals surface area contributed by atoms with Gasteiger partial charge in [-0.2, -0.15) is 0 Å². The molecule has 6 heteroatoms. The van der Waals surface area contributed by atoms with Gasteiger partial charge in [0.1, 0.15) is 5.82 Å². The third kappa shape index (κ3) is 2.32. The number of aryl methyl sites for hydroxylation is 1. The van der Waals surface area contributed by atoms with Crippen LogP contribution >= 0.6 is 0 Å². The lowest BCUT2D eigenvalue weighted by molar-refractivity contribution is 0.209. The van der Waals surface area contributed by atoms with Crippen molar-refractivity contribution in [2.45, 2.75) is 6.92 Å². The highest BCUT2D eigenvalue weighted by molar-refractivity contribution is 5.82. The Morgan fingerprint density at radius 1 is 1.57 bits per heavy atom. The SMILES string of the molecule is Cc1nc(N(C)C)cnc1NC(=O)O. The summed E-state index contributed by atoms with van der Waals surface area (Å²) in [7, 11) is 3.68. The molecule has 0 aromatic carbocycles. The number of hydrogen-bond donors (Lipinski definition) is 2. The normalized spacial score (nSPS) is 9.64. The highest BCUT2D eigenvalue weighted by Crippen LogP contribution is 2.12. The number of nitrogens with zero attached hydrogens (tertiary/aromatic N) is 3. The average molecular weight is 196 g/mol. The number of nitrogens with one attached hydrogen (secondary N) is 1. The summed E-state index contributed by atoms with van der Waals surface area (Å²) in [5.41, 5.74) is 0.554. The van der Waals surface area contributed by atoms with Gasteiger partial charge in [-0.15, -0.1) is 0 Å². The molecule has 14 heavy (non-hydrogen) atoms. The molecule has 1 heterocycles. The number of aromatic nitrogens is 2. The van der Waals surface area contributed by atoms with Crippen molar-refractivity contribution in [2.24, 2.45) is 0 Å². The van der Waals surface area contributed by atoms with Crippen molar-refractivity contribution >= 4 is 17.7 Å². The second-order valence-corrected chi connectivity index (χ2v) is 2.99. The van der Waals surface area contributed by atoms with Crippen LogP contribution < -0.4 is 10.2 Å². The lowest BCUT2D eigenvalue weighted by Gasteiger charge is -2.12. The first-order chi connectivity index (χ1) is 6.50. The topological polar surface area (TPSA) is 78.4 Å². The first-order valence-electron chi connectivity index (χ1n) is 4.01. The Bertz CT molecular complexity index is 351. The Labute approximate surface area is 81.6 Å². The van der Waals surface area contributed by atoms with E-state index in [-0.39, 0.29) is 5.82 Å². The zero-order valence-corrected chi connectivity index (χ0v) is 8.27. The van der Waals surface area contributed by atoms with E-state index in [1.165, 1.54) is 6.20 Å². The summed E-state index contributed by atoms with van der Waals surface area (Å²) in [5, 5.41) is 10.6. The summed E-state index contributed by atoms with van der Waals surface area (Å²) < 4.78 is 0. The van der Waals surface area contributed by atoms with Crippen LogP contribution in [0.15, 0.2) is 6.20 Å². The number of carboxylic acid groups (broad SMARTS) is 1. The zero-order valence-electron chi connectivity index (χ0n) is 8.27. The molecule has 0 fully saturated rings. The van der Waals surface area contributed by atoms with Crippen molar-refractivity contribution in [3.05, 3.63) is 11.9 Å². The quantitative estimate of drug-likeness (QED) is 0.736. The van der Waals surface area contributed by atoms with Crippen molar-refractivity contribution in [2.75, 3.05) is 24.3 Å². The molecule has 1 aromatic rings. The Morgan fingerprint density at radius 3 is 2.64 bits per heavy atom. The third-order valence-corrected chi connectivity index (χ3v) is 1.62.